The summed E-state index contributed by atoms with van der Waals surface area (Å²) in [4.78, 5) is 2.07. The first-order valence-electron chi connectivity index (χ1n) is 4.63. The van der Waals surface area contributed by atoms with Crippen molar-refractivity contribution in [2.24, 2.45) is 5.14 Å². The van der Waals surface area contributed by atoms with Gasteiger partial charge in [-0.05, 0) is 26.4 Å². The number of primary sulfonamides is 1. The van der Waals surface area contributed by atoms with Gasteiger partial charge in [0.2, 0.25) is 10.0 Å². The molecule has 0 aliphatic heterocycles. The molecule has 0 aromatic rings. The van der Waals surface area contributed by atoms with Crippen LogP contribution in [0.5, 0.6) is 0 Å². The maximum atomic E-state index is 10.6. The van der Waals surface area contributed by atoms with E-state index in [0.29, 0.717) is 6.42 Å². The predicted octanol–water partition coefficient (Wildman–Crippen LogP) is -0.367. The number of hydrogen-bond acceptors (Lipinski definition) is 4. The summed E-state index contributed by atoms with van der Waals surface area (Å²) in [5.41, 5.74) is 0. The van der Waals surface area contributed by atoms with Gasteiger partial charge in [0, 0.05) is 20.3 Å². The van der Waals surface area contributed by atoms with Crippen LogP contribution in [0.25, 0.3) is 0 Å². The van der Waals surface area contributed by atoms with E-state index in [1.807, 2.05) is 7.05 Å². The summed E-state index contributed by atoms with van der Waals surface area (Å²) in [6.07, 6.45) is 1.55. The Balaban J connectivity index is 3.40. The average molecular weight is 224 g/mol. The first-order valence-corrected chi connectivity index (χ1v) is 6.35. The Hall–Kier alpha value is -0.170. The fraction of sp³-hybridized carbons (Fsp3) is 1.00. The van der Waals surface area contributed by atoms with Crippen LogP contribution in [0.2, 0.25) is 0 Å². The van der Waals surface area contributed by atoms with Crippen LogP contribution >= 0.6 is 0 Å². The molecule has 2 N–H and O–H groups in total. The van der Waals surface area contributed by atoms with Crippen molar-refractivity contribution in [1.29, 1.82) is 0 Å². The van der Waals surface area contributed by atoms with Gasteiger partial charge >= 0.3 is 0 Å². The summed E-state index contributed by atoms with van der Waals surface area (Å²) < 4.78 is 26.1. The number of ether oxygens (including phenoxy) is 1. The molecule has 0 atom stereocenters. The summed E-state index contributed by atoms with van der Waals surface area (Å²) in [6, 6.07) is 0. The lowest BCUT2D eigenvalue weighted by atomic mass is 10.4. The molecule has 0 aliphatic rings. The number of sulfonamides is 1. The van der Waals surface area contributed by atoms with E-state index in [0.717, 1.165) is 26.1 Å². The lowest BCUT2D eigenvalue weighted by Crippen LogP contribution is -2.25. The Morgan fingerprint density at radius 1 is 1.29 bits per heavy atom. The van der Waals surface area contributed by atoms with Gasteiger partial charge in [-0.15, -0.1) is 0 Å². The summed E-state index contributed by atoms with van der Waals surface area (Å²) in [7, 11) is 0.328. The van der Waals surface area contributed by atoms with Crippen LogP contribution in [0.1, 0.15) is 12.8 Å². The van der Waals surface area contributed by atoms with Gasteiger partial charge < -0.3 is 9.64 Å². The highest BCUT2D eigenvalue weighted by atomic mass is 32.2. The molecule has 0 saturated carbocycles. The third kappa shape index (κ3) is 9.91. The SMILES string of the molecule is COCCCN(C)CCCS(N)(=O)=O. The number of hydrogen-bond donors (Lipinski definition) is 1. The fourth-order valence-corrected chi connectivity index (χ4v) is 1.66. The molecule has 0 radical (unpaired) electrons. The lowest BCUT2D eigenvalue weighted by Gasteiger charge is -2.15. The summed E-state index contributed by atoms with van der Waals surface area (Å²) in [5, 5.41) is 4.88. The fourth-order valence-electron chi connectivity index (χ4n) is 1.13. The minimum absolute atomic E-state index is 0.0572. The van der Waals surface area contributed by atoms with E-state index in [-0.39, 0.29) is 5.75 Å². The van der Waals surface area contributed by atoms with Crippen LogP contribution in [0, 0.1) is 0 Å². The van der Waals surface area contributed by atoms with Crippen LogP contribution < -0.4 is 5.14 Å². The van der Waals surface area contributed by atoms with Gasteiger partial charge in [0.25, 0.3) is 0 Å². The molecule has 0 spiro atoms. The first kappa shape index (κ1) is 13.8. The predicted molar refractivity (Wildman–Crippen MR) is 56.6 cm³/mol. The highest BCUT2D eigenvalue weighted by Gasteiger charge is 2.03. The molecule has 0 aromatic carbocycles. The van der Waals surface area contributed by atoms with Crippen LogP contribution in [0.15, 0.2) is 0 Å². The van der Waals surface area contributed by atoms with E-state index in [2.05, 4.69) is 4.90 Å². The van der Waals surface area contributed by atoms with Gasteiger partial charge in [0.05, 0.1) is 5.75 Å². The van der Waals surface area contributed by atoms with Crippen molar-refractivity contribution in [3.63, 3.8) is 0 Å². The highest BCUT2D eigenvalue weighted by Crippen LogP contribution is 1.92. The summed E-state index contributed by atoms with van der Waals surface area (Å²) in [5.74, 6) is 0.0572. The highest BCUT2D eigenvalue weighted by molar-refractivity contribution is 7.89. The summed E-state index contributed by atoms with van der Waals surface area (Å²) >= 11 is 0. The van der Waals surface area contributed by atoms with Gasteiger partial charge in [-0.2, -0.15) is 0 Å². The van der Waals surface area contributed by atoms with Gasteiger partial charge in [0.15, 0.2) is 0 Å². The van der Waals surface area contributed by atoms with Crippen molar-refractivity contribution < 1.29 is 13.2 Å². The van der Waals surface area contributed by atoms with Crippen LogP contribution in [-0.2, 0) is 14.8 Å². The maximum Gasteiger partial charge on any atom is 0.209 e. The minimum Gasteiger partial charge on any atom is -0.385 e. The standard InChI is InChI=1S/C8H20N2O3S/c1-10(5-3-7-13-2)6-4-8-14(9,11)12/h3-8H2,1-2H3,(H2,9,11,12). The third-order valence-corrected chi connectivity index (χ3v) is 2.71. The summed E-state index contributed by atoms with van der Waals surface area (Å²) in [6.45, 7) is 2.40. The Labute approximate surface area is 86.3 Å². The van der Waals surface area contributed by atoms with E-state index in [9.17, 15) is 8.42 Å². The average Bonchev–Trinajstić information content (AvgIpc) is 2.02. The molecule has 0 bridgehead atoms. The zero-order chi connectivity index (χ0) is 11.0. The van der Waals surface area contributed by atoms with E-state index in [1.165, 1.54) is 0 Å². The van der Waals surface area contributed by atoms with Gasteiger partial charge in [0.1, 0.15) is 0 Å². The zero-order valence-corrected chi connectivity index (χ0v) is 9.72. The number of nitrogens with two attached hydrogens (primary N) is 1. The molecule has 0 rings (SSSR count). The van der Waals surface area contributed by atoms with E-state index in [4.69, 9.17) is 9.88 Å². The Morgan fingerprint density at radius 3 is 2.36 bits per heavy atom. The van der Waals surface area contributed by atoms with Crippen molar-refractivity contribution in [2.45, 2.75) is 12.8 Å². The van der Waals surface area contributed by atoms with Gasteiger partial charge in [-0.25, -0.2) is 13.6 Å². The van der Waals surface area contributed by atoms with Crippen LogP contribution in [0.3, 0.4) is 0 Å². The van der Waals surface area contributed by atoms with Crippen molar-refractivity contribution in [2.75, 3.05) is 39.6 Å². The molecular weight excluding hydrogens is 204 g/mol. The smallest absolute Gasteiger partial charge is 0.209 e. The molecule has 86 valence electrons. The zero-order valence-electron chi connectivity index (χ0n) is 8.90. The van der Waals surface area contributed by atoms with Crippen LogP contribution in [-0.4, -0.2) is 52.9 Å². The maximum absolute atomic E-state index is 10.6. The van der Waals surface area contributed by atoms with Crippen LogP contribution in [0.4, 0.5) is 0 Å². The Morgan fingerprint density at radius 2 is 1.86 bits per heavy atom. The van der Waals surface area contributed by atoms with E-state index >= 15 is 0 Å². The number of rotatable bonds is 8. The molecule has 0 amide bonds. The molecule has 0 heterocycles. The van der Waals surface area contributed by atoms with Crippen molar-refractivity contribution in [3.8, 4) is 0 Å². The molecule has 0 fully saturated rings. The largest absolute Gasteiger partial charge is 0.385 e. The molecule has 0 aromatic heterocycles. The quantitative estimate of drug-likeness (QED) is 0.571. The normalized spacial score (nSPS) is 12.3. The molecule has 5 nitrogen and oxygen atoms in total. The monoisotopic (exact) mass is 224 g/mol. The van der Waals surface area contributed by atoms with E-state index in [1.54, 1.807) is 7.11 Å². The second-order valence-corrected chi connectivity index (χ2v) is 5.10. The van der Waals surface area contributed by atoms with Crippen molar-refractivity contribution in [3.05, 3.63) is 0 Å². The lowest BCUT2D eigenvalue weighted by molar-refractivity contribution is 0.179. The van der Waals surface area contributed by atoms with Gasteiger partial charge in [-0.3, -0.25) is 0 Å². The second kappa shape index (κ2) is 7.17. The molecule has 0 unspecified atom stereocenters. The number of nitrogens with zero attached hydrogens (tertiary/aromatic N) is 1. The molecular formula is C8H20N2O3S. The van der Waals surface area contributed by atoms with E-state index < -0.39 is 10.0 Å². The minimum atomic E-state index is -3.30. The first-order chi connectivity index (χ1) is 6.45. The van der Waals surface area contributed by atoms with Gasteiger partial charge in [-0.1, -0.05) is 0 Å². The second-order valence-electron chi connectivity index (χ2n) is 3.37. The molecule has 0 saturated heterocycles. The molecule has 6 heteroatoms. The molecule has 0 aliphatic carbocycles. The Kier molecular flexibility index (Phi) is 7.08. The van der Waals surface area contributed by atoms with Crippen molar-refractivity contribution in [1.82, 2.24) is 4.90 Å². The molecule has 14 heavy (non-hydrogen) atoms. The topological polar surface area (TPSA) is 72.6 Å². The number of methoxy groups -OCH3 is 1. The third-order valence-electron chi connectivity index (χ3n) is 1.86. The van der Waals surface area contributed by atoms with Crippen molar-refractivity contribution >= 4 is 10.0 Å². The Bertz CT molecular complexity index is 229.